The van der Waals surface area contributed by atoms with Crippen LogP contribution in [0.2, 0.25) is 5.15 Å². The lowest BCUT2D eigenvalue weighted by molar-refractivity contribution is -0.141. The van der Waals surface area contributed by atoms with Crippen molar-refractivity contribution in [1.29, 1.82) is 0 Å². The topological polar surface area (TPSA) is 79.3 Å². The van der Waals surface area contributed by atoms with Crippen molar-refractivity contribution >= 4 is 23.5 Å². The molecule has 0 saturated carbocycles. The van der Waals surface area contributed by atoms with Gasteiger partial charge in [-0.3, -0.25) is 9.59 Å². The Balaban J connectivity index is 2.46. The van der Waals surface area contributed by atoms with Gasteiger partial charge >= 0.3 is 5.97 Å². The van der Waals surface area contributed by atoms with Gasteiger partial charge in [0.1, 0.15) is 5.15 Å². The SMILES string of the molecule is CC(CCNC(=O)c1cccnc1Cl)C(=O)O. The molecule has 0 aromatic carbocycles. The zero-order valence-corrected chi connectivity index (χ0v) is 10.1. The molecule has 6 heteroatoms. The molecule has 1 unspecified atom stereocenters. The molecule has 1 aromatic heterocycles. The van der Waals surface area contributed by atoms with Crippen LogP contribution in [0.3, 0.4) is 0 Å². The number of aliphatic carboxylic acids is 1. The van der Waals surface area contributed by atoms with Gasteiger partial charge in [-0.2, -0.15) is 0 Å². The molecule has 0 spiro atoms. The average molecular weight is 257 g/mol. The van der Waals surface area contributed by atoms with Crippen LogP contribution in [0.4, 0.5) is 0 Å². The highest BCUT2D eigenvalue weighted by molar-refractivity contribution is 6.32. The first-order chi connectivity index (χ1) is 8.02. The fourth-order valence-corrected chi connectivity index (χ4v) is 1.38. The van der Waals surface area contributed by atoms with Crippen molar-refractivity contribution < 1.29 is 14.7 Å². The summed E-state index contributed by atoms with van der Waals surface area (Å²) in [7, 11) is 0. The molecule has 0 aliphatic rings. The van der Waals surface area contributed by atoms with E-state index in [-0.39, 0.29) is 23.2 Å². The van der Waals surface area contributed by atoms with E-state index < -0.39 is 11.9 Å². The highest BCUT2D eigenvalue weighted by atomic mass is 35.5. The van der Waals surface area contributed by atoms with Crippen LogP contribution in [-0.2, 0) is 4.79 Å². The van der Waals surface area contributed by atoms with Crippen molar-refractivity contribution in [1.82, 2.24) is 10.3 Å². The summed E-state index contributed by atoms with van der Waals surface area (Å²) in [5.41, 5.74) is 0.289. The maximum Gasteiger partial charge on any atom is 0.306 e. The fourth-order valence-electron chi connectivity index (χ4n) is 1.18. The molecule has 0 bridgehead atoms. The van der Waals surface area contributed by atoms with Crippen molar-refractivity contribution in [3.63, 3.8) is 0 Å². The van der Waals surface area contributed by atoms with Gasteiger partial charge in [-0.1, -0.05) is 18.5 Å². The van der Waals surface area contributed by atoms with Crippen molar-refractivity contribution in [2.45, 2.75) is 13.3 Å². The molecule has 1 rings (SSSR count). The Morgan fingerprint density at radius 1 is 1.59 bits per heavy atom. The molecule has 0 saturated heterocycles. The second kappa shape index (κ2) is 6.20. The van der Waals surface area contributed by atoms with Crippen LogP contribution in [-0.4, -0.2) is 28.5 Å². The Labute approximate surface area is 104 Å². The van der Waals surface area contributed by atoms with Crippen LogP contribution < -0.4 is 5.32 Å². The van der Waals surface area contributed by atoms with Gasteiger partial charge in [0.25, 0.3) is 5.91 Å². The average Bonchev–Trinajstić information content (AvgIpc) is 2.29. The van der Waals surface area contributed by atoms with Crippen LogP contribution in [0, 0.1) is 5.92 Å². The van der Waals surface area contributed by atoms with E-state index in [9.17, 15) is 9.59 Å². The van der Waals surface area contributed by atoms with Gasteiger partial charge in [0.2, 0.25) is 0 Å². The minimum Gasteiger partial charge on any atom is -0.481 e. The highest BCUT2D eigenvalue weighted by Crippen LogP contribution is 2.11. The molecule has 2 N–H and O–H groups in total. The fraction of sp³-hybridized carbons (Fsp3) is 0.364. The number of hydrogen-bond acceptors (Lipinski definition) is 3. The first kappa shape index (κ1) is 13.4. The number of carboxylic acids is 1. The molecular weight excluding hydrogens is 244 g/mol. The zero-order valence-electron chi connectivity index (χ0n) is 9.31. The Hall–Kier alpha value is -1.62. The monoisotopic (exact) mass is 256 g/mol. The van der Waals surface area contributed by atoms with Crippen molar-refractivity contribution in [3.05, 3.63) is 29.0 Å². The predicted molar refractivity (Wildman–Crippen MR) is 63.0 cm³/mol. The summed E-state index contributed by atoms with van der Waals surface area (Å²) in [5.74, 6) is -1.71. The first-order valence-corrected chi connectivity index (χ1v) is 5.51. The number of hydrogen-bond donors (Lipinski definition) is 2. The van der Waals surface area contributed by atoms with E-state index in [0.29, 0.717) is 6.42 Å². The Morgan fingerprint density at radius 2 is 2.29 bits per heavy atom. The lowest BCUT2D eigenvalue weighted by atomic mass is 10.1. The molecular formula is C11H13ClN2O3. The third kappa shape index (κ3) is 4.03. The third-order valence-electron chi connectivity index (χ3n) is 2.29. The van der Waals surface area contributed by atoms with Crippen LogP contribution in [0.1, 0.15) is 23.7 Å². The van der Waals surface area contributed by atoms with Gasteiger partial charge < -0.3 is 10.4 Å². The number of carbonyl (C=O) groups excluding carboxylic acids is 1. The molecule has 1 aromatic rings. The van der Waals surface area contributed by atoms with E-state index >= 15 is 0 Å². The zero-order chi connectivity index (χ0) is 12.8. The molecule has 17 heavy (non-hydrogen) atoms. The maximum atomic E-state index is 11.6. The lowest BCUT2D eigenvalue weighted by Gasteiger charge is -2.08. The number of carbonyl (C=O) groups is 2. The molecule has 5 nitrogen and oxygen atoms in total. The number of amides is 1. The van der Waals surface area contributed by atoms with Gasteiger partial charge in [-0.25, -0.2) is 4.98 Å². The van der Waals surface area contributed by atoms with Crippen LogP contribution in [0.15, 0.2) is 18.3 Å². The summed E-state index contributed by atoms with van der Waals surface area (Å²) in [5, 5.41) is 11.4. The second-order valence-corrected chi connectivity index (χ2v) is 3.98. The van der Waals surface area contributed by atoms with E-state index in [1.54, 1.807) is 19.1 Å². The van der Waals surface area contributed by atoms with Crippen molar-refractivity contribution in [2.24, 2.45) is 5.92 Å². The van der Waals surface area contributed by atoms with E-state index in [2.05, 4.69) is 10.3 Å². The molecule has 0 aliphatic carbocycles. The number of nitrogens with zero attached hydrogens (tertiary/aromatic N) is 1. The summed E-state index contributed by atoms with van der Waals surface area (Å²) in [4.78, 5) is 26.0. The molecule has 0 fully saturated rings. The first-order valence-electron chi connectivity index (χ1n) is 5.14. The second-order valence-electron chi connectivity index (χ2n) is 3.63. The van der Waals surface area contributed by atoms with Crippen LogP contribution in [0.5, 0.6) is 0 Å². The van der Waals surface area contributed by atoms with E-state index in [1.807, 2.05) is 0 Å². The summed E-state index contributed by atoms with van der Waals surface area (Å²) in [6, 6.07) is 3.17. The van der Waals surface area contributed by atoms with Gasteiger partial charge in [-0.15, -0.1) is 0 Å². The number of nitrogens with one attached hydrogen (secondary N) is 1. The molecule has 92 valence electrons. The number of carboxylic acid groups (broad SMARTS) is 1. The van der Waals surface area contributed by atoms with Crippen molar-refractivity contribution in [3.8, 4) is 0 Å². The van der Waals surface area contributed by atoms with Crippen molar-refractivity contribution in [2.75, 3.05) is 6.54 Å². The minimum absolute atomic E-state index is 0.135. The summed E-state index contributed by atoms with van der Waals surface area (Å²) >= 11 is 5.74. The number of aromatic nitrogens is 1. The largest absolute Gasteiger partial charge is 0.481 e. The lowest BCUT2D eigenvalue weighted by Crippen LogP contribution is -2.27. The Kier molecular flexibility index (Phi) is 4.90. The quantitative estimate of drug-likeness (QED) is 0.784. The molecule has 1 heterocycles. The molecule has 0 aliphatic heterocycles. The molecule has 1 atom stereocenters. The van der Waals surface area contributed by atoms with Gasteiger partial charge in [0.05, 0.1) is 11.5 Å². The highest BCUT2D eigenvalue weighted by Gasteiger charge is 2.13. The molecule has 0 radical (unpaired) electrons. The normalized spacial score (nSPS) is 11.9. The number of pyridine rings is 1. The number of halogens is 1. The van der Waals surface area contributed by atoms with E-state index in [4.69, 9.17) is 16.7 Å². The Morgan fingerprint density at radius 3 is 2.88 bits per heavy atom. The molecule has 1 amide bonds. The van der Waals surface area contributed by atoms with Crippen LogP contribution >= 0.6 is 11.6 Å². The smallest absolute Gasteiger partial charge is 0.306 e. The van der Waals surface area contributed by atoms with Gasteiger partial charge in [-0.05, 0) is 18.6 Å². The van der Waals surface area contributed by atoms with E-state index in [0.717, 1.165) is 0 Å². The minimum atomic E-state index is -0.876. The predicted octanol–water partition coefficient (Wildman–Crippen LogP) is 1.58. The summed E-state index contributed by atoms with van der Waals surface area (Å²) < 4.78 is 0. The standard InChI is InChI=1S/C11H13ClN2O3/c1-7(11(16)17)4-6-14-10(15)8-3-2-5-13-9(8)12/h2-3,5,7H,4,6H2,1H3,(H,14,15)(H,16,17). The third-order valence-corrected chi connectivity index (χ3v) is 2.59. The van der Waals surface area contributed by atoms with Gasteiger partial charge in [0, 0.05) is 12.7 Å². The summed E-state index contributed by atoms with van der Waals surface area (Å²) in [6.45, 7) is 1.88. The van der Waals surface area contributed by atoms with Gasteiger partial charge in [0.15, 0.2) is 0 Å². The summed E-state index contributed by atoms with van der Waals surface area (Å²) in [6.07, 6.45) is 1.87. The number of rotatable bonds is 5. The van der Waals surface area contributed by atoms with E-state index in [1.165, 1.54) is 6.20 Å². The Bertz CT molecular complexity index is 423. The maximum absolute atomic E-state index is 11.6. The van der Waals surface area contributed by atoms with Crippen LogP contribution in [0.25, 0.3) is 0 Å².